The second-order valence-corrected chi connectivity index (χ2v) is 3.15. The zero-order chi connectivity index (χ0) is 9.80. The third-order valence-corrected chi connectivity index (χ3v) is 2.06. The van der Waals surface area contributed by atoms with E-state index in [4.69, 9.17) is 0 Å². The standard InChI is InChI=1S/C12H12N2/c1-10-6-7-11-4-2-3-5-12(11)14-9-8-13-10/h2-9,14H,1H3. The molecule has 0 saturated carbocycles. The van der Waals surface area contributed by atoms with Crippen molar-refractivity contribution in [3.63, 3.8) is 0 Å². The number of fused-ring (bicyclic) bond motifs is 1. The van der Waals surface area contributed by atoms with Gasteiger partial charge in [-0.1, -0.05) is 24.3 Å². The number of H-pyrrole nitrogens is 1. The van der Waals surface area contributed by atoms with E-state index in [9.17, 15) is 0 Å². The van der Waals surface area contributed by atoms with E-state index >= 15 is 0 Å². The number of nitrogens with zero attached hydrogens (tertiary/aromatic N) is 1. The van der Waals surface area contributed by atoms with E-state index in [-0.39, 0.29) is 0 Å². The van der Waals surface area contributed by atoms with E-state index in [2.05, 4.69) is 22.1 Å². The largest absolute Gasteiger partial charge is 0.360 e. The summed E-state index contributed by atoms with van der Waals surface area (Å²) in [5, 5.41) is 1.17. The van der Waals surface area contributed by atoms with Crippen molar-refractivity contribution in [2.24, 2.45) is 0 Å². The Hall–Kier alpha value is -1.83. The van der Waals surface area contributed by atoms with Crippen molar-refractivity contribution in [1.82, 2.24) is 9.97 Å². The molecule has 0 aliphatic carbocycles. The molecule has 2 rings (SSSR count). The molecule has 0 saturated heterocycles. The van der Waals surface area contributed by atoms with Gasteiger partial charge in [-0.3, -0.25) is 4.98 Å². The van der Waals surface area contributed by atoms with Gasteiger partial charge in [-0.2, -0.15) is 0 Å². The quantitative estimate of drug-likeness (QED) is 0.670. The number of hydrogen-bond acceptors (Lipinski definition) is 1. The fourth-order valence-electron chi connectivity index (χ4n) is 1.31. The average Bonchev–Trinajstić information content (AvgIpc) is 2.30. The Bertz CT molecular complexity index is 484. The third kappa shape index (κ3) is 1.91. The highest BCUT2D eigenvalue weighted by molar-refractivity contribution is 5.77. The molecule has 0 aliphatic heterocycles. The number of para-hydroxylation sites is 1. The van der Waals surface area contributed by atoms with Crippen molar-refractivity contribution < 1.29 is 0 Å². The highest BCUT2D eigenvalue weighted by atomic mass is 14.7. The first-order valence-corrected chi connectivity index (χ1v) is 4.59. The van der Waals surface area contributed by atoms with Crippen molar-refractivity contribution in [1.29, 1.82) is 0 Å². The van der Waals surface area contributed by atoms with Crippen LogP contribution in [0.25, 0.3) is 10.9 Å². The van der Waals surface area contributed by atoms with Crippen LogP contribution >= 0.6 is 0 Å². The van der Waals surface area contributed by atoms with Crippen LogP contribution in [0.3, 0.4) is 0 Å². The molecule has 2 aromatic rings. The number of aromatic nitrogens is 2. The van der Waals surface area contributed by atoms with Gasteiger partial charge in [0, 0.05) is 23.6 Å². The van der Waals surface area contributed by atoms with Gasteiger partial charge in [-0.05, 0) is 24.4 Å². The minimum Gasteiger partial charge on any atom is -0.360 e. The lowest BCUT2D eigenvalue weighted by Crippen LogP contribution is -1.69. The molecule has 1 aromatic carbocycles. The van der Waals surface area contributed by atoms with Gasteiger partial charge >= 0.3 is 0 Å². The monoisotopic (exact) mass is 184 g/mol. The fourth-order valence-corrected chi connectivity index (χ4v) is 1.31. The smallest absolute Gasteiger partial charge is 0.0453 e. The van der Waals surface area contributed by atoms with Crippen LogP contribution in [0.2, 0.25) is 0 Å². The van der Waals surface area contributed by atoms with E-state index in [1.165, 1.54) is 5.39 Å². The van der Waals surface area contributed by atoms with Crippen LogP contribution in [0.15, 0.2) is 48.8 Å². The first-order valence-electron chi connectivity index (χ1n) is 4.59. The summed E-state index contributed by atoms with van der Waals surface area (Å²) in [7, 11) is 0. The molecule has 1 heterocycles. The number of hydrogen-bond donors (Lipinski definition) is 1. The van der Waals surface area contributed by atoms with Crippen LogP contribution < -0.4 is 0 Å². The van der Waals surface area contributed by atoms with Crippen molar-refractivity contribution >= 4 is 10.9 Å². The second kappa shape index (κ2) is 3.92. The van der Waals surface area contributed by atoms with E-state index in [1.54, 1.807) is 6.20 Å². The van der Waals surface area contributed by atoms with E-state index < -0.39 is 0 Å². The highest BCUT2D eigenvalue weighted by Crippen LogP contribution is 2.07. The topological polar surface area (TPSA) is 28.7 Å². The van der Waals surface area contributed by atoms with Gasteiger partial charge < -0.3 is 4.98 Å². The Kier molecular flexibility index (Phi) is 2.45. The normalized spacial score (nSPS) is 9.79. The number of benzene rings is 1. The summed E-state index contributed by atoms with van der Waals surface area (Å²) in [6.45, 7) is 1.98. The van der Waals surface area contributed by atoms with Gasteiger partial charge in [-0.25, -0.2) is 0 Å². The van der Waals surface area contributed by atoms with Crippen molar-refractivity contribution in [3.05, 3.63) is 54.5 Å². The summed E-state index contributed by atoms with van der Waals surface area (Å²) in [6, 6.07) is 12.2. The molecule has 0 unspecified atom stereocenters. The van der Waals surface area contributed by atoms with Gasteiger partial charge in [0.1, 0.15) is 0 Å². The molecule has 14 heavy (non-hydrogen) atoms. The first-order chi connectivity index (χ1) is 6.86. The number of nitrogens with one attached hydrogen (secondary N) is 1. The van der Waals surface area contributed by atoms with E-state index in [0.717, 1.165) is 11.2 Å². The molecule has 0 spiro atoms. The predicted molar refractivity (Wildman–Crippen MR) is 58.5 cm³/mol. The highest BCUT2D eigenvalue weighted by Gasteiger charge is 1.85. The molecule has 0 fully saturated rings. The SMILES string of the molecule is Cc1ccc2ccccc2[nH]ccn1. The van der Waals surface area contributed by atoms with Gasteiger partial charge in [0.2, 0.25) is 0 Å². The lowest BCUT2D eigenvalue weighted by Gasteiger charge is -1.90. The Labute approximate surface area is 82.9 Å². The average molecular weight is 184 g/mol. The zero-order valence-electron chi connectivity index (χ0n) is 8.07. The Morgan fingerprint density at radius 2 is 1.93 bits per heavy atom. The first kappa shape index (κ1) is 8.75. The summed E-state index contributed by atoms with van der Waals surface area (Å²) in [6.07, 6.45) is 3.61. The Balaban J connectivity index is 2.81. The van der Waals surface area contributed by atoms with Crippen LogP contribution in [0.1, 0.15) is 5.69 Å². The Morgan fingerprint density at radius 1 is 1.07 bits per heavy atom. The summed E-state index contributed by atoms with van der Waals surface area (Å²) < 4.78 is 0. The molecule has 0 aliphatic rings. The van der Waals surface area contributed by atoms with Crippen LogP contribution in [0.4, 0.5) is 0 Å². The second-order valence-electron chi connectivity index (χ2n) is 3.15. The van der Waals surface area contributed by atoms with Crippen LogP contribution in [-0.2, 0) is 0 Å². The predicted octanol–water partition coefficient (Wildman–Crippen LogP) is 3.00. The summed E-state index contributed by atoms with van der Waals surface area (Å²) >= 11 is 0. The van der Waals surface area contributed by atoms with E-state index in [0.29, 0.717) is 0 Å². The third-order valence-electron chi connectivity index (χ3n) is 2.06. The molecular weight excluding hydrogens is 172 g/mol. The lowest BCUT2D eigenvalue weighted by molar-refractivity contribution is 1.21. The van der Waals surface area contributed by atoms with E-state index in [1.807, 2.05) is 37.4 Å². The van der Waals surface area contributed by atoms with Crippen LogP contribution in [0.5, 0.6) is 0 Å². The summed E-state index contributed by atoms with van der Waals surface area (Å²) in [5.74, 6) is 0. The summed E-state index contributed by atoms with van der Waals surface area (Å²) in [4.78, 5) is 7.40. The van der Waals surface area contributed by atoms with Crippen molar-refractivity contribution in [2.75, 3.05) is 0 Å². The molecule has 1 aromatic heterocycles. The maximum absolute atomic E-state index is 4.21. The maximum atomic E-state index is 4.21. The molecule has 0 atom stereocenters. The molecule has 70 valence electrons. The van der Waals surface area contributed by atoms with Gasteiger partial charge in [-0.15, -0.1) is 0 Å². The van der Waals surface area contributed by atoms with Crippen LogP contribution in [0, 0.1) is 6.92 Å². The van der Waals surface area contributed by atoms with Crippen molar-refractivity contribution in [2.45, 2.75) is 6.92 Å². The maximum Gasteiger partial charge on any atom is 0.0453 e. The molecular formula is C12H12N2. The molecule has 2 nitrogen and oxygen atoms in total. The minimum absolute atomic E-state index is 1.000. The van der Waals surface area contributed by atoms with Crippen LogP contribution in [-0.4, -0.2) is 9.97 Å². The molecule has 0 radical (unpaired) electrons. The van der Waals surface area contributed by atoms with Gasteiger partial charge in [0.25, 0.3) is 0 Å². The number of aryl methyl sites for hydroxylation is 1. The lowest BCUT2D eigenvalue weighted by atomic mass is 10.2. The van der Waals surface area contributed by atoms with Crippen molar-refractivity contribution in [3.8, 4) is 0 Å². The molecule has 0 amide bonds. The zero-order valence-corrected chi connectivity index (χ0v) is 8.07. The number of rotatable bonds is 0. The summed E-state index contributed by atoms with van der Waals surface area (Å²) in [5.41, 5.74) is 2.10. The van der Waals surface area contributed by atoms with Gasteiger partial charge in [0.15, 0.2) is 0 Å². The Morgan fingerprint density at radius 3 is 2.86 bits per heavy atom. The molecule has 2 heteroatoms. The number of aromatic amines is 1. The minimum atomic E-state index is 1.000. The van der Waals surface area contributed by atoms with Gasteiger partial charge in [0.05, 0.1) is 0 Å². The molecule has 1 N–H and O–H groups in total. The fraction of sp³-hybridized carbons (Fsp3) is 0.0833. The molecule has 0 bridgehead atoms.